The van der Waals surface area contributed by atoms with Crippen LogP contribution in [-0.2, 0) is 6.54 Å². The van der Waals surface area contributed by atoms with E-state index in [9.17, 15) is 0 Å². The highest BCUT2D eigenvalue weighted by Crippen LogP contribution is 2.35. The first-order valence-corrected chi connectivity index (χ1v) is 12.4. The van der Waals surface area contributed by atoms with Crippen molar-refractivity contribution in [2.75, 3.05) is 6.54 Å². The van der Waals surface area contributed by atoms with E-state index >= 15 is 0 Å². The highest BCUT2D eigenvalue weighted by molar-refractivity contribution is 6.88. The minimum Gasteiger partial charge on any atom is -0.296 e. The largest absolute Gasteiger partial charge is 0.296 e. The van der Waals surface area contributed by atoms with Crippen molar-refractivity contribution in [2.24, 2.45) is 5.92 Å². The maximum absolute atomic E-state index is 2.79. The molecule has 0 aromatic heterocycles. The van der Waals surface area contributed by atoms with Gasteiger partial charge in [-0.3, -0.25) is 4.90 Å². The SMILES string of the molecule is C[Si](C)(C)c1ccc(CN2CCCC3CCCCC32)cc1. The summed E-state index contributed by atoms with van der Waals surface area (Å²) in [6, 6.07) is 10.4. The molecule has 2 heteroatoms. The van der Waals surface area contributed by atoms with Crippen LogP contribution in [0.1, 0.15) is 44.1 Å². The molecule has 116 valence electrons. The van der Waals surface area contributed by atoms with E-state index < -0.39 is 8.07 Å². The van der Waals surface area contributed by atoms with Gasteiger partial charge in [0, 0.05) is 12.6 Å². The van der Waals surface area contributed by atoms with Crippen molar-refractivity contribution >= 4 is 13.3 Å². The fourth-order valence-electron chi connectivity index (χ4n) is 4.27. The summed E-state index contributed by atoms with van der Waals surface area (Å²) in [7, 11) is -1.15. The van der Waals surface area contributed by atoms with Crippen LogP contribution in [0.4, 0.5) is 0 Å². The first-order chi connectivity index (χ1) is 10.0. The molecule has 2 fully saturated rings. The molecule has 3 rings (SSSR count). The van der Waals surface area contributed by atoms with Gasteiger partial charge in [0.2, 0.25) is 0 Å². The number of benzene rings is 1. The molecular weight excluding hydrogens is 270 g/mol. The fraction of sp³-hybridized carbons (Fsp3) is 0.684. The maximum atomic E-state index is 2.79. The van der Waals surface area contributed by atoms with Crippen LogP contribution in [-0.4, -0.2) is 25.6 Å². The lowest BCUT2D eigenvalue weighted by Crippen LogP contribution is -2.46. The number of likely N-dealkylation sites (tertiary alicyclic amines) is 1. The second-order valence-corrected chi connectivity index (χ2v) is 13.2. The van der Waals surface area contributed by atoms with Crippen LogP contribution in [0.2, 0.25) is 19.6 Å². The van der Waals surface area contributed by atoms with Gasteiger partial charge in [-0.15, -0.1) is 0 Å². The molecule has 1 aliphatic carbocycles. The van der Waals surface area contributed by atoms with Crippen LogP contribution < -0.4 is 5.19 Å². The molecule has 0 radical (unpaired) electrons. The molecule has 2 unspecified atom stereocenters. The van der Waals surface area contributed by atoms with Crippen LogP contribution in [0.25, 0.3) is 0 Å². The van der Waals surface area contributed by atoms with Crippen molar-refractivity contribution < 1.29 is 0 Å². The Kier molecular flexibility index (Phi) is 4.56. The van der Waals surface area contributed by atoms with Gasteiger partial charge in [-0.25, -0.2) is 0 Å². The zero-order valence-corrected chi connectivity index (χ0v) is 15.1. The second kappa shape index (κ2) is 6.25. The average Bonchev–Trinajstić information content (AvgIpc) is 2.47. The van der Waals surface area contributed by atoms with E-state index in [1.807, 2.05) is 0 Å². The molecule has 21 heavy (non-hydrogen) atoms. The smallest absolute Gasteiger partial charge is 0.0775 e. The molecule has 1 saturated carbocycles. The Balaban J connectivity index is 1.68. The van der Waals surface area contributed by atoms with E-state index in [4.69, 9.17) is 0 Å². The van der Waals surface area contributed by atoms with Gasteiger partial charge in [0.15, 0.2) is 0 Å². The average molecular weight is 302 g/mol. The summed E-state index contributed by atoms with van der Waals surface area (Å²) in [5.74, 6) is 0.994. The predicted molar refractivity (Wildman–Crippen MR) is 94.8 cm³/mol. The quantitative estimate of drug-likeness (QED) is 0.749. The van der Waals surface area contributed by atoms with Gasteiger partial charge in [-0.2, -0.15) is 0 Å². The lowest BCUT2D eigenvalue weighted by atomic mass is 9.78. The number of piperidine rings is 1. The van der Waals surface area contributed by atoms with Crippen molar-refractivity contribution in [1.82, 2.24) is 4.90 Å². The molecule has 2 atom stereocenters. The Morgan fingerprint density at radius 3 is 2.33 bits per heavy atom. The Morgan fingerprint density at radius 1 is 0.952 bits per heavy atom. The first kappa shape index (κ1) is 15.3. The number of hydrogen-bond donors (Lipinski definition) is 0. The van der Waals surface area contributed by atoms with Gasteiger partial charge in [0.25, 0.3) is 0 Å². The van der Waals surface area contributed by atoms with Gasteiger partial charge in [-0.05, 0) is 43.7 Å². The van der Waals surface area contributed by atoms with Crippen LogP contribution in [0.15, 0.2) is 24.3 Å². The van der Waals surface area contributed by atoms with E-state index in [0.29, 0.717) is 0 Å². The van der Waals surface area contributed by atoms with Gasteiger partial charge in [0.05, 0.1) is 8.07 Å². The highest BCUT2D eigenvalue weighted by Gasteiger charge is 2.32. The molecule has 0 N–H and O–H groups in total. The zero-order valence-electron chi connectivity index (χ0n) is 14.1. The summed E-state index contributed by atoms with van der Waals surface area (Å²) in [5.41, 5.74) is 1.52. The van der Waals surface area contributed by atoms with Crippen molar-refractivity contribution in [1.29, 1.82) is 0 Å². The lowest BCUT2D eigenvalue weighted by molar-refractivity contribution is 0.0547. The molecule has 1 heterocycles. The van der Waals surface area contributed by atoms with Gasteiger partial charge < -0.3 is 0 Å². The summed E-state index contributed by atoms with van der Waals surface area (Å²) in [6.45, 7) is 9.78. The van der Waals surface area contributed by atoms with Crippen LogP contribution >= 0.6 is 0 Å². The fourth-order valence-corrected chi connectivity index (χ4v) is 5.44. The Labute approximate surface area is 131 Å². The van der Waals surface area contributed by atoms with Crippen molar-refractivity contribution in [3.05, 3.63) is 29.8 Å². The molecule has 1 aliphatic heterocycles. The van der Waals surface area contributed by atoms with Crippen LogP contribution in [0.5, 0.6) is 0 Å². The van der Waals surface area contributed by atoms with Crippen molar-refractivity contribution in [3.63, 3.8) is 0 Å². The monoisotopic (exact) mass is 301 g/mol. The van der Waals surface area contributed by atoms with E-state index in [2.05, 4.69) is 48.8 Å². The summed E-state index contributed by atoms with van der Waals surface area (Å²) in [4.78, 5) is 2.79. The number of hydrogen-bond acceptors (Lipinski definition) is 1. The van der Waals surface area contributed by atoms with Gasteiger partial charge in [-0.1, -0.05) is 61.9 Å². The molecular formula is C19H31NSi. The summed E-state index contributed by atoms with van der Waals surface area (Å²) in [5, 5.41) is 1.58. The van der Waals surface area contributed by atoms with Crippen molar-refractivity contribution in [3.8, 4) is 0 Å². The Bertz CT molecular complexity index is 457. The normalized spacial score (nSPS) is 27.4. The number of fused-ring (bicyclic) bond motifs is 1. The Hall–Kier alpha value is -0.603. The van der Waals surface area contributed by atoms with E-state index in [1.54, 1.807) is 5.19 Å². The molecule has 0 bridgehead atoms. The molecule has 2 aliphatic rings. The third-order valence-electron chi connectivity index (χ3n) is 5.56. The molecule has 1 aromatic rings. The minimum atomic E-state index is -1.15. The lowest BCUT2D eigenvalue weighted by Gasteiger charge is -2.44. The third-order valence-corrected chi connectivity index (χ3v) is 7.63. The zero-order chi connectivity index (χ0) is 14.9. The summed E-state index contributed by atoms with van der Waals surface area (Å²) in [6.07, 6.45) is 8.74. The first-order valence-electron chi connectivity index (χ1n) is 8.87. The topological polar surface area (TPSA) is 3.24 Å². The molecule has 1 nitrogen and oxygen atoms in total. The van der Waals surface area contributed by atoms with E-state index in [1.165, 1.54) is 57.2 Å². The highest BCUT2D eigenvalue weighted by atomic mass is 28.3. The number of nitrogens with zero attached hydrogens (tertiary/aromatic N) is 1. The van der Waals surface area contributed by atoms with Gasteiger partial charge >= 0.3 is 0 Å². The third kappa shape index (κ3) is 3.60. The summed E-state index contributed by atoms with van der Waals surface area (Å²) < 4.78 is 0. The van der Waals surface area contributed by atoms with Gasteiger partial charge in [0.1, 0.15) is 0 Å². The van der Waals surface area contributed by atoms with E-state index in [-0.39, 0.29) is 0 Å². The minimum absolute atomic E-state index is 0.879. The number of rotatable bonds is 3. The standard InChI is InChI=1S/C19H31NSi/c1-21(2,3)18-12-10-16(11-13-18)15-20-14-6-8-17-7-4-5-9-19(17)20/h10-13,17,19H,4-9,14-15H2,1-3H3. The maximum Gasteiger partial charge on any atom is 0.0775 e. The van der Waals surface area contributed by atoms with Crippen LogP contribution in [0, 0.1) is 5.92 Å². The Morgan fingerprint density at radius 2 is 1.62 bits per heavy atom. The van der Waals surface area contributed by atoms with Crippen molar-refractivity contribution in [2.45, 2.75) is 70.8 Å². The summed E-state index contributed by atoms with van der Waals surface area (Å²) >= 11 is 0. The predicted octanol–water partition coefficient (Wildman–Crippen LogP) is 4.39. The second-order valence-electron chi connectivity index (χ2n) is 8.17. The molecule has 1 aromatic carbocycles. The molecule has 0 spiro atoms. The molecule has 1 saturated heterocycles. The van der Waals surface area contributed by atoms with Crippen LogP contribution in [0.3, 0.4) is 0 Å². The van der Waals surface area contributed by atoms with E-state index in [0.717, 1.165) is 12.0 Å². The molecule has 0 amide bonds.